The minimum atomic E-state index is -4.44. The molecular formula is C13H8ClF3N2O3. The molecule has 1 N–H and O–H groups in total. The summed E-state index contributed by atoms with van der Waals surface area (Å²) in [6.07, 6.45) is -3.18. The molecule has 0 radical (unpaired) electrons. The maximum atomic E-state index is 12.5. The van der Waals surface area contributed by atoms with Gasteiger partial charge in [0.15, 0.2) is 0 Å². The number of nitrogens with zero attached hydrogens (tertiary/aromatic N) is 1. The van der Waals surface area contributed by atoms with E-state index in [1.165, 1.54) is 18.3 Å². The third kappa shape index (κ3) is 3.28. The second kappa shape index (κ2) is 5.80. The number of pyridine rings is 1. The van der Waals surface area contributed by atoms with Crippen molar-refractivity contribution in [2.24, 2.45) is 0 Å². The Kier molecular flexibility index (Phi) is 4.23. The van der Waals surface area contributed by atoms with E-state index in [0.717, 1.165) is 12.1 Å². The Morgan fingerprint density at radius 2 is 1.82 bits per heavy atom. The van der Waals surface area contributed by atoms with Crippen LogP contribution < -0.4 is 5.56 Å². The summed E-state index contributed by atoms with van der Waals surface area (Å²) >= 11 is 5.82. The van der Waals surface area contributed by atoms with Crippen LogP contribution in [0.15, 0.2) is 35.3 Å². The summed E-state index contributed by atoms with van der Waals surface area (Å²) in [7, 11) is 0. The van der Waals surface area contributed by atoms with Crippen LogP contribution in [0.5, 0.6) is 0 Å². The largest absolute Gasteiger partial charge is 0.416 e. The molecule has 0 aliphatic rings. The zero-order valence-corrected chi connectivity index (χ0v) is 11.5. The van der Waals surface area contributed by atoms with Crippen molar-refractivity contribution in [3.8, 4) is 0 Å². The highest BCUT2D eigenvalue weighted by atomic mass is 35.5. The van der Waals surface area contributed by atoms with Crippen LogP contribution in [0.2, 0.25) is 5.02 Å². The first kappa shape index (κ1) is 16.0. The number of aromatic nitrogens is 1. The average Bonchev–Trinajstić information content (AvgIpc) is 2.41. The molecule has 0 aliphatic carbocycles. The zero-order valence-electron chi connectivity index (χ0n) is 10.8. The number of halogens is 4. The topological polar surface area (TPSA) is 76.0 Å². The van der Waals surface area contributed by atoms with E-state index in [-0.39, 0.29) is 17.0 Å². The van der Waals surface area contributed by atoms with Gasteiger partial charge in [-0.25, -0.2) is 0 Å². The summed E-state index contributed by atoms with van der Waals surface area (Å²) in [5, 5.41) is 10.5. The first-order valence-corrected chi connectivity index (χ1v) is 6.28. The fraction of sp³-hybridized carbons (Fsp3) is 0.154. The van der Waals surface area contributed by atoms with Crippen molar-refractivity contribution in [2.75, 3.05) is 0 Å². The van der Waals surface area contributed by atoms with Gasteiger partial charge in [-0.05, 0) is 23.3 Å². The molecule has 0 spiro atoms. The Bertz CT molecular complexity index is 770. The molecule has 1 aromatic carbocycles. The zero-order chi connectivity index (χ0) is 16.5. The van der Waals surface area contributed by atoms with Crippen molar-refractivity contribution < 1.29 is 18.1 Å². The molecule has 0 atom stereocenters. The Morgan fingerprint density at radius 1 is 1.23 bits per heavy atom. The smallest absolute Gasteiger partial charge is 0.323 e. The molecule has 0 bridgehead atoms. The van der Waals surface area contributed by atoms with Crippen LogP contribution in [0.4, 0.5) is 18.9 Å². The van der Waals surface area contributed by atoms with E-state index in [9.17, 15) is 28.1 Å². The molecule has 1 heterocycles. The molecule has 1 aromatic heterocycles. The normalized spacial score (nSPS) is 11.5. The van der Waals surface area contributed by atoms with E-state index < -0.39 is 27.9 Å². The monoisotopic (exact) mass is 332 g/mol. The van der Waals surface area contributed by atoms with E-state index >= 15 is 0 Å². The molecule has 0 amide bonds. The minimum absolute atomic E-state index is 0.0502. The van der Waals surface area contributed by atoms with Gasteiger partial charge in [-0.1, -0.05) is 23.7 Å². The van der Waals surface area contributed by atoms with Gasteiger partial charge in [0, 0.05) is 12.6 Å². The van der Waals surface area contributed by atoms with Gasteiger partial charge in [0.1, 0.15) is 5.02 Å². The van der Waals surface area contributed by atoms with Crippen LogP contribution in [0, 0.1) is 10.1 Å². The van der Waals surface area contributed by atoms with Crippen molar-refractivity contribution >= 4 is 17.3 Å². The third-order valence-electron chi connectivity index (χ3n) is 2.94. The van der Waals surface area contributed by atoms with Gasteiger partial charge in [-0.2, -0.15) is 13.2 Å². The Morgan fingerprint density at radius 3 is 2.32 bits per heavy atom. The second-order valence-electron chi connectivity index (χ2n) is 4.43. The summed E-state index contributed by atoms with van der Waals surface area (Å²) in [4.78, 5) is 23.4. The van der Waals surface area contributed by atoms with E-state index in [1.807, 2.05) is 0 Å². The summed E-state index contributed by atoms with van der Waals surface area (Å²) in [5.41, 5.74) is -1.81. The Hall–Kier alpha value is -2.35. The number of H-pyrrole nitrogens is 1. The second-order valence-corrected chi connectivity index (χ2v) is 4.81. The molecule has 9 heteroatoms. The number of alkyl halides is 3. The maximum Gasteiger partial charge on any atom is 0.416 e. The number of nitro groups is 1. The summed E-state index contributed by atoms with van der Waals surface area (Å²) < 4.78 is 37.4. The van der Waals surface area contributed by atoms with Crippen molar-refractivity contribution in [1.29, 1.82) is 0 Å². The molecular weight excluding hydrogens is 325 g/mol. The molecule has 0 fully saturated rings. The molecule has 116 valence electrons. The molecule has 0 saturated carbocycles. The fourth-order valence-electron chi connectivity index (χ4n) is 1.86. The van der Waals surface area contributed by atoms with Gasteiger partial charge < -0.3 is 4.98 Å². The fourth-order valence-corrected chi connectivity index (χ4v) is 2.14. The molecule has 5 nitrogen and oxygen atoms in total. The molecule has 22 heavy (non-hydrogen) atoms. The van der Waals surface area contributed by atoms with Crippen molar-refractivity contribution in [3.63, 3.8) is 0 Å². The predicted molar refractivity (Wildman–Crippen MR) is 73.0 cm³/mol. The van der Waals surface area contributed by atoms with Gasteiger partial charge in [-0.15, -0.1) is 0 Å². The number of rotatable bonds is 3. The highest BCUT2D eigenvalue weighted by molar-refractivity contribution is 6.33. The van der Waals surface area contributed by atoms with Crippen LogP contribution in [-0.2, 0) is 12.6 Å². The van der Waals surface area contributed by atoms with Crippen LogP contribution in [0.25, 0.3) is 0 Å². The lowest BCUT2D eigenvalue weighted by atomic mass is 10.0. The maximum absolute atomic E-state index is 12.5. The Labute approximate surface area is 126 Å². The summed E-state index contributed by atoms with van der Waals surface area (Å²) in [6.45, 7) is 0. The van der Waals surface area contributed by atoms with Gasteiger partial charge in [0.05, 0.1) is 10.5 Å². The highest BCUT2D eigenvalue weighted by Gasteiger charge is 2.30. The third-order valence-corrected chi connectivity index (χ3v) is 3.36. The number of nitrogens with one attached hydrogen (secondary N) is 1. The molecule has 2 aromatic rings. The lowest BCUT2D eigenvalue weighted by Crippen LogP contribution is -2.13. The van der Waals surface area contributed by atoms with E-state index in [4.69, 9.17) is 11.6 Å². The molecule has 2 rings (SSSR count). The number of hydrogen-bond acceptors (Lipinski definition) is 3. The van der Waals surface area contributed by atoms with Gasteiger partial charge >= 0.3 is 17.4 Å². The molecule has 0 unspecified atom stereocenters. The first-order chi connectivity index (χ1) is 10.2. The number of hydrogen-bond donors (Lipinski definition) is 1. The average molecular weight is 333 g/mol. The Balaban J connectivity index is 2.34. The van der Waals surface area contributed by atoms with E-state index in [1.54, 1.807) is 0 Å². The lowest BCUT2D eigenvalue weighted by molar-refractivity contribution is -0.386. The lowest BCUT2D eigenvalue weighted by Gasteiger charge is -2.08. The SMILES string of the molecule is O=c1[nH]cc(Cc2ccc(C(F)(F)F)cc2)c(Cl)c1[N+](=O)[O-]. The predicted octanol–water partition coefficient (Wildman–Crippen LogP) is 3.55. The standard InChI is InChI=1S/C13H8ClF3N2O3/c14-10-8(6-18-12(20)11(10)19(21)22)5-7-1-3-9(4-2-7)13(15,16)17/h1-4,6H,5H2,(H,18,20). The highest BCUT2D eigenvalue weighted by Crippen LogP contribution is 2.30. The van der Waals surface area contributed by atoms with Crippen molar-refractivity contribution in [3.05, 3.63) is 72.6 Å². The van der Waals surface area contributed by atoms with E-state index in [2.05, 4.69) is 4.98 Å². The minimum Gasteiger partial charge on any atom is -0.323 e. The van der Waals surface area contributed by atoms with Crippen LogP contribution in [0.1, 0.15) is 16.7 Å². The van der Waals surface area contributed by atoms with Crippen LogP contribution in [0.3, 0.4) is 0 Å². The van der Waals surface area contributed by atoms with Crippen molar-refractivity contribution in [2.45, 2.75) is 12.6 Å². The van der Waals surface area contributed by atoms with Crippen LogP contribution >= 0.6 is 11.6 Å². The molecule has 0 aliphatic heterocycles. The quantitative estimate of drug-likeness (QED) is 0.690. The van der Waals surface area contributed by atoms with Crippen molar-refractivity contribution in [1.82, 2.24) is 4.98 Å². The molecule has 0 saturated heterocycles. The van der Waals surface area contributed by atoms with Gasteiger partial charge in [-0.3, -0.25) is 14.9 Å². The first-order valence-electron chi connectivity index (χ1n) is 5.90. The summed E-state index contributed by atoms with van der Waals surface area (Å²) in [6, 6.07) is 4.30. The summed E-state index contributed by atoms with van der Waals surface area (Å²) in [5.74, 6) is 0. The van der Waals surface area contributed by atoms with E-state index in [0.29, 0.717) is 5.56 Å². The van der Waals surface area contributed by atoms with Crippen LogP contribution in [-0.4, -0.2) is 9.91 Å². The number of benzene rings is 1. The van der Waals surface area contributed by atoms with Gasteiger partial charge in [0.2, 0.25) is 0 Å². The number of aromatic amines is 1. The van der Waals surface area contributed by atoms with Gasteiger partial charge in [0.25, 0.3) is 0 Å².